The van der Waals surface area contributed by atoms with Gasteiger partial charge in [0.1, 0.15) is 5.82 Å². The van der Waals surface area contributed by atoms with Crippen molar-refractivity contribution in [3.63, 3.8) is 0 Å². The highest BCUT2D eigenvalue weighted by molar-refractivity contribution is 6.33. The van der Waals surface area contributed by atoms with Gasteiger partial charge in [0.25, 0.3) is 0 Å². The minimum Gasteiger partial charge on any atom is -0.216 e. The normalized spacial score (nSPS) is 13.1. The zero-order chi connectivity index (χ0) is 9.30. The molecule has 0 amide bonds. The zero-order valence-electron chi connectivity index (χ0n) is 5.98. The maximum absolute atomic E-state index is 12.7. The molecule has 12 heavy (non-hydrogen) atoms. The fourth-order valence-electron chi connectivity index (χ4n) is 0.587. The van der Waals surface area contributed by atoms with Gasteiger partial charge in [-0.15, -0.1) is 11.6 Å². The van der Waals surface area contributed by atoms with E-state index in [9.17, 15) is 4.39 Å². The second kappa shape index (κ2) is 3.73. The Kier molecular flexibility index (Phi) is 3.09. The Labute approximate surface area is 83.7 Å². The molecule has 6 heteroatoms. The topological polar surface area (TPSA) is 25.8 Å². The van der Waals surface area contributed by atoms with E-state index in [-0.39, 0.29) is 16.1 Å². The molecule has 0 saturated carbocycles. The van der Waals surface area contributed by atoms with Crippen LogP contribution in [0.2, 0.25) is 10.3 Å². The third-order valence-corrected chi connectivity index (χ3v) is 1.84. The molecule has 2 nitrogen and oxygen atoms in total. The predicted octanol–water partition coefficient (Wildman–Crippen LogP) is 3.22. The SMILES string of the molecule is CC(Cl)c1nc(Cl)c(F)c(Cl)n1. The number of halogens is 4. The first-order valence-corrected chi connectivity index (χ1v) is 4.24. The van der Waals surface area contributed by atoms with E-state index in [1.54, 1.807) is 6.92 Å². The van der Waals surface area contributed by atoms with Crippen molar-refractivity contribution in [1.29, 1.82) is 0 Å². The minimum atomic E-state index is -0.820. The lowest BCUT2D eigenvalue weighted by molar-refractivity contribution is 0.609. The zero-order valence-corrected chi connectivity index (χ0v) is 8.25. The summed E-state index contributed by atoms with van der Waals surface area (Å²) in [5, 5.41) is -1.06. The Morgan fingerprint density at radius 1 is 1.25 bits per heavy atom. The molecular weight excluding hydrogens is 225 g/mol. The molecule has 1 aromatic heterocycles. The van der Waals surface area contributed by atoms with Gasteiger partial charge in [-0.1, -0.05) is 23.2 Å². The Morgan fingerprint density at radius 3 is 2.00 bits per heavy atom. The van der Waals surface area contributed by atoms with Crippen LogP contribution in [0.25, 0.3) is 0 Å². The summed E-state index contributed by atoms with van der Waals surface area (Å²) in [6.45, 7) is 1.64. The molecule has 0 aliphatic heterocycles. The highest BCUT2D eigenvalue weighted by Gasteiger charge is 2.13. The molecule has 0 N–H and O–H groups in total. The molecular formula is C6H4Cl3FN2. The summed E-state index contributed by atoms with van der Waals surface area (Å²) in [7, 11) is 0. The summed E-state index contributed by atoms with van der Waals surface area (Å²) in [6.07, 6.45) is 0. The maximum Gasteiger partial charge on any atom is 0.197 e. The average molecular weight is 229 g/mol. The molecule has 66 valence electrons. The van der Waals surface area contributed by atoms with Crippen LogP contribution >= 0.6 is 34.8 Å². The summed E-state index contributed by atoms with van der Waals surface area (Å²) in [5.74, 6) is -0.604. The Morgan fingerprint density at radius 2 is 1.67 bits per heavy atom. The largest absolute Gasteiger partial charge is 0.216 e. The van der Waals surface area contributed by atoms with Crippen LogP contribution in [0.3, 0.4) is 0 Å². The molecule has 0 saturated heterocycles. The quantitative estimate of drug-likeness (QED) is 0.546. The van der Waals surface area contributed by atoms with E-state index in [0.29, 0.717) is 0 Å². The molecule has 1 rings (SSSR count). The fraction of sp³-hybridized carbons (Fsp3) is 0.333. The van der Waals surface area contributed by atoms with Crippen molar-refractivity contribution < 1.29 is 4.39 Å². The summed E-state index contributed by atoms with van der Waals surface area (Å²) >= 11 is 16.4. The number of hydrogen-bond acceptors (Lipinski definition) is 2. The van der Waals surface area contributed by atoms with Crippen LogP contribution in [0.4, 0.5) is 4.39 Å². The van der Waals surface area contributed by atoms with Crippen molar-refractivity contribution >= 4 is 34.8 Å². The number of hydrogen-bond donors (Lipinski definition) is 0. The number of rotatable bonds is 1. The van der Waals surface area contributed by atoms with Crippen molar-refractivity contribution in [1.82, 2.24) is 9.97 Å². The molecule has 0 aliphatic carbocycles. The van der Waals surface area contributed by atoms with Gasteiger partial charge < -0.3 is 0 Å². The molecule has 0 radical (unpaired) electrons. The van der Waals surface area contributed by atoms with E-state index in [4.69, 9.17) is 34.8 Å². The third-order valence-electron chi connectivity index (χ3n) is 1.14. The van der Waals surface area contributed by atoms with E-state index >= 15 is 0 Å². The summed E-state index contributed by atoms with van der Waals surface area (Å²) < 4.78 is 12.7. The van der Waals surface area contributed by atoms with E-state index in [1.165, 1.54) is 0 Å². The number of nitrogens with zero attached hydrogens (tertiary/aromatic N) is 2. The molecule has 0 fully saturated rings. The van der Waals surface area contributed by atoms with Gasteiger partial charge in [0.05, 0.1) is 5.38 Å². The fourth-order valence-corrected chi connectivity index (χ4v) is 1.09. The smallest absolute Gasteiger partial charge is 0.197 e. The van der Waals surface area contributed by atoms with Crippen molar-refractivity contribution in [3.8, 4) is 0 Å². The van der Waals surface area contributed by atoms with Crippen LogP contribution in [0.5, 0.6) is 0 Å². The van der Waals surface area contributed by atoms with Gasteiger partial charge in [-0.05, 0) is 6.92 Å². The maximum atomic E-state index is 12.7. The molecule has 1 heterocycles. The first-order chi connectivity index (χ1) is 5.52. The van der Waals surface area contributed by atoms with Crippen LogP contribution in [0, 0.1) is 5.82 Å². The second-order valence-corrected chi connectivity index (χ2v) is 3.46. The Balaban J connectivity index is 3.21. The average Bonchev–Trinajstić information content (AvgIpc) is 1.99. The number of aromatic nitrogens is 2. The highest BCUT2D eigenvalue weighted by Crippen LogP contribution is 2.23. The molecule has 0 spiro atoms. The van der Waals surface area contributed by atoms with E-state index in [0.717, 1.165) is 0 Å². The van der Waals surface area contributed by atoms with Crippen molar-refractivity contribution in [2.45, 2.75) is 12.3 Å². The lowest BCUT2D eigenvalue weighted by Gasteiger charge is -2.02. The van der Waals surface area contributed by atoms with Gasteiger partial charge >= 0.3 is 0 Å². The molecule has 0 aliphatic rings. The summed E-state index contributed by atoms with van der Waals surface area (Å²) in [4.78, 5) is 7.19. The van der Waals surface area contributed by atoms with Gasteiger partial charge in [0.2, 0.25) is 0 Å². The van der Waals surface area contributed by atoms with Gasteiger partial charge in [0, 0.05) is 0 Å². The lowest BCUT2D eigenvalue weighted by Crippen LogP contribution is -1.99. The van der Waals surface area contributed by atoms with Crippen LogP contribution in [0.15, 0.2) is 0 Å². The first-order valence-electron chi connectivity index (χ1n) is 3.05. The minimum absolute atomic E-state index is 0.216. The molecule has 1 atom stereocenters. The van der Waals surface area contributed by atoms with Gasteiger partial charge in [-0.25, -0.2) is 14.4 Å². The molecule has 1 aromatic rings. The highest BCUT2D eigenvalue weighted by atomic mass is 35.5. The molecule has 1 unspecified atom stereocenters. The van der Waals surface area contributed by atoms with Crippen molar-refractivity contribution in [3.05, 3.63) is 21.9 Å². The van der Waals surface area contributed by atoms with Gasteiger partial charge in [-0.2, -0.15) is 0 Å². The van der Waals surface area contributed by atoms with E-state index < -0.39 is 11.2 Å². The molecule has 0 bridgehead atoms. The van der Waals surface area contributed by atoms with Gasteiger partial charge in [-0.3, -0.25) is 0 Å². The van der Waals surface area contributed by atoms with Gasteiger partial charge in [0.15, 0.2) is 16.1 Å². The molecule has 0 aromatic carbocycles. The van der Waals surface area contributed by atoms with Crippen LogP contribution < -0.4 is 0 Å². The predicted molar refractivity (Wildman–Crippen MR) is 46.3 cm³/mol. The number of alkyl halides is 1. The van der Waals surface area contributed by atoms with E-state index in [1.807, 2.05) is 0 Å². The van der Waals surface area contributed by atoms with Crippen molar-refractivity contribution in [2.75, 3.05) is 0 Å². The Bertz CT molecular complexity index is 280. The third kappa shape index (κ3) is 1.97. The van der Waals surface area contributed by atoms with Crippen LogP contribution in [-0.4, -0.2) is 9.97 Å². The summed E-state index contributed by atoms with van der Waals surface area (Å²) in [5.41, 5.74) is 0. The van der Waals surface area contributed by atoms with Crippen LogP contribution in [0.1, 0.15) is 18.1 Å². The standard InChI is InChI=1S/C6H4Cl3FN2/c1-2(7)6-11-4(8)3(10)5(9)12-6/h2H,1H3. The lowest BCUT2D eigenvalue weighted by atomic mass is 10.4. The summed E-state index contributed by atoms with van der Waals surface area (Å²) in [6, 6.07) is 0. The first kappa shape index (κ1) is 9.96. The monoisotopic (exact) mass is 228 g/mol. The van der Waals surface area contributed by atoms with Crippen molar-refractivity contribution in [2.24, 2.45) is 0 Å². The Hall–Kier alpha value is -0.120. The van der Waals surface area contributed by atoms with E-state index in [2.05, 4.69) is 9.97 Å². The second-order valence-electron chi connectivity index (χ2n) is 2.09. The van der Waals surface area contributed by atoms with Crippen LogP contribution in [-0.2, 0) is 0 Å².